The molecular formula is C11H16O3. The summed E-state index contributed by atoms with van der Waals surface area (Å²) in [7, 11) is 0. The Morgan fingerprint density at radius 2 is 2.21 bits per heavy atom. The van der Waals surface area contributed by atoms with Crippen LogP contribution < -0.4 is 0 Å². The highest BCUT2D eigenvalue weighted by Crippen LogP contribution is 2.74. The van der Waals surface area contributed by atoms with Crippen LogP contribution in [-0.2, 0) is 9.53 Å². The lowest BCUT2D eigenvalue weighted by Crippen LogP contribution is -2.49. The van der Waals surface area contributed by atoms with E-state index >= 15 is 0 Å². The molecule has 2 aliphatic carbocycles. The van der Waals surface area contributed by atoms with Gasteiger partial charge in [-0.25, -0.2) is 4.79 Å². The summed E-state index contributed by atoms with van der Waals surface area (Å²) in [5.74, 6) is -0.178. The van der Waals surface area contributed by atoms with E-state index in [2.05, 4.69) is 13.8 Å². The summed E-state index contributed by atoms with van der Waals surface area (Å²) in [6, 6.07) is 0. The molecule has 0 spiro atoms. The molecule has 0 aromatic rings. The van der Waals surface area contributed by atoms with Crippen LogP contribution in [0, 0.1) is 16.7 Å². The third-order valence-electron chi connectivity index (χ3n) is 5.54. The Morgan fingerprint density at radius 1 is 1.50 bits per heavy atom. The van der Waals surface area contributed by atoms with Crippen LogP contribution in [0.4, 0.5) is 0 Å². The van der Waals surface area contributed by atoms with Crippen molar-refractivity contribution in [3.05, 3.63) is 0 Å². The highest BCUT2D eigenvalue weighted by Gasteiger charge is 2.78. The van der Waals surface area contributed by atoms with Gasteiger partial charge >= 0.3 is 5.97 Å². The number of aliphatic carboxylic acids is 1. The van der Waals surface area contributed by atoms with Crippen LogP contribution in [0.1, 0.15) is 33.1 Å². The maximum Gasteiger partial charge on any atom is 0.336 e. The Balaban J connectivity index is 2.18. The van der Waals surface area contributed by atoms with Gasteiger partial charge < -0.3 is 9.84 Å². The first-order valence-electron chi connectivity index (χ1n) is 5.34. The van der Waals surface area contributed by atoms with Crippen molar-refractivity contribution in [1.29, 1.82) is 0 Å². The fourth-order valence-electron chi connectivity index (χ4n) is 4.23. The molecule has 4 atom stereocenters. The molecule has 14 heavy (non-hydrogen) atoms. The van der Waals surface area contributed by atoms with Crippen molar-refractivity contribution in [2.45, 2.75) is 38.7 Å². The Kier molecular flexibility index (Phi) is 1.25. The SMILES string of the molecule is C[C@]12CC[C@H]3C[C@@]1(C(=O)O)OC[C@@]32C. The molecule has 2 saturated carbocycles. The van der Waals surface area contributed by atoms with Gasteiger partial charge in [0.2, 0.25) is 0 Å². The van der Waals surface area contributed by atoms with Gasteiger partial charge in [-0.3, -0.25) is 0 Å². The lowest BCUT2D eigenvalue weighted by atomic mass is 9.66. The normalized spacial score (nSPS) is 59.4. The third kappa shape index (κ3) is 0.553. The fourth-order valence-corrected chi connectivity index (χ4v) is 4.23. The Hall–Kier alpha value is -0.570. The van der Waals surface area contributed by atoms with Crippen LogP contribution in [0.3, 0.4) is 0 Å². The maximum atomic E-state index is 11.4. The van der Waals surface area contributed by atoms with E-state index in [1.807, 2.05) is 0 Å². The van der Waals surface area contributed by atoms with Crippen molar-refractivity contribution in [2.24, 2.45) is 16.7 Å². The van der Waals surface area contributed by atoms with E-state index in [9.17, 15) is 9.90 Å². The molecule has 1 N–H and O–H groups in total. The van der Waals surface area contributed by atoms with Crippen molar-refractivity contribution >= 4 is 5.97 Å². The minimum absolute atomic E-state index is 0.116. The molecule has 3 nitrogen and oxygen atoms in total. The van der Waals surface area contributed by atoms with Gasteiger partial charge in [0.15, 0.2) is 5.60 Å². The average molecular weight is 196 g/mol. The monoisotopic (exact) mass is 196 g/mol. The topological polar surface area (TPSA) is 46.5 Å². The molecule has 1 heterocycles. The van der Waals surface area contributed by atoms with E-state index in [0.29, 0.717) is 12.5 Å². The van der Waals surface area contributed by atoms with E-state index in [0.717, 1.165) is 12.8 Å². The molecule has 78 valence electrons. The van der Waals surface area contributed by atoms with E-state index < -0.39 is 11.6 Å². The van der Waals surface area contributed by atoms with E-state index in [1.54, 1.807) is 0 Å². The highest BCUT2D eigenvalue weighted by atomic mass is 16.5. The van der Waals surface area contributed by atoms with E-state index in [1.165, 1.54) is 6.42 Å². The second kappa shape index (κ2) is 2.01. The van der Waals surface area contributed by atoms with Gasteiger partial charge in [-0.1, -0.05) is 13.8 Å². The standard InChI is InChI=1S/C11H16O3/c1-9-6-14-11(8(12)13)5-7(9)3-4-10(9,11)2/h7H,3-6H2,1-2H3,(H,12,13)/t7-,9-,10+,11-/m0/s1. The second-order valence-corrected chi connectivity index (χ2v) is 5.61. The van der Waals surface area contributed by atoms with Gasteiger partial charge in [-0.05, 0) is 25.2 Å². The summed E-state index contributed by atoms with van der Waals surface area (Å²) in [5, 5.41) is 9.37. The number of carboxylic acids is 1. The van der Waals surface area contributed by atoms with E-state index in [4.69, 9.17) is 4.74 Å². The number of hydrogen-bond acceptors (Lipinski definition) is 2. The van der Waals surface area contributed by atoms with Crippen molar-refractivity contribution in [2.75, 3.05) is 6.61 Å². The van der Waals surface area contributed by atoms with Crippen molar-refractivity contribution < 1.29 is 14.6 Å². The summed E-state index contributed by atoms with van der Waals surface area (Å²) in [6.45, 7) is 4.96. The van der Waals surface area contributed by atoms with Crippen molar-refractivity contribution in [1.82, 2.24) is 0 Å². The van der Waals surface area contributed by atoms with Gasteiger partial charge in [-0.2, -0.15) is 0 Å². The number of rotatable bonds is 1. The van der Waals surface area contributed by atoms with Crippen LogP contribution in [0.5, 0.6) is 0 Å². The quantitative estimate of drug-likeness (QED) is 0.693. The number of ether oxygens (including phenoxy) is 1. The minimum atomic E-state index is -0.856. The molecule has 3 rings (SSSR count). The Morgan fingerprint density at radius 3 is 2.64 bits per heavy atom. The zero-order valence-electron chi connectivity index (χ0n) is 8.67. The van der Waals surface area contributed by atoms with Crippen LogP contribution in [0.15, 0.2) is 0 Å². The summed E-state index contributed by atoms with van der Waals surface area (Å²) in [6.07, 6.45) is 2.93. The van der Waals surface area contributed by atoms with Crippen molar-refractivity contribution in [3.8, 4) is 0 Å². The fraction of sp³-hybridized carbons (Fsp3) is 0.909. The second-order valence-electron chi connectivity index (χ2n) is 5.61. The van der Waals surface area contributed by atoms with Crippen molar-refractivity contribution in [3.63, 3.8) is 0 Å². The third-order valence-corrected chi connectivity index (χ3v) is 5.54. The summed E-state index contributed by atoms with van der Waals surface area (Å²) in [5.41, 5.74) is -0.868. The lowest BCUT2D eigenvalue weighted by molar-refractivity contribution is -0.174. The first-order chi connectivity index (χ1) is 6.46. The van der Waals surface area contributed by atoms with Gasteiger partial charge in [-0.15, -0.1) is 0 Å². The van der Waals surface area contributed by atoms with Gasteiger partial charge in [0.05, 0.1) is 6.61 Å². The molecule has 4 bridgehead atoms. The van der Waals surface area contributed by atoms with Gasteiger partial charge in [0.1, 0.15) is 0 Å². The van der Waals surface area contributed by atoms with E-state index in [-0.39, 0.29) is 10.8 Å². The maximum absolute atomic E-state index is 11.4. The predicted molar refractivity (Wildman–Crippen MR) is 49.9 cm³/mol. The minimum Gasteiger partial charge on any atom is -0.479 e. The number of carboxylic acid groups (broad SMARTS) is 1. The number of carbonyl (C=O) groups is 1. The average Bonchev–Trinajstić information content (AvgIpc) is 2.58. The first kappa shape index (κ1) is 8.72. The lowest BCUT2D eigenvalue weighted by Gasteiger charge is -2.37. The molecular weight excluding hydrogens is 180 g/mol. The molecule has 3 heteroatoms. The van der Waals surface area contributed by atoms with Crippen LogP contribution in [0.25, 0.3) is 0 Å². The molecule has 0 radical (unpaired) electrons. The zero-order valence-corrected chi connectivity index (χ0v) is 8.67. The molecule has 0 aromatic carbocycles. The summed E-state index contributed by atoms with van der Waals surface area (Å²) < 4.78 is 5.64. The highest BCUT2D eigenvalue weighted by molar-refractivity contribution is 5.81. The summed E-state index contributed by atoms with van der Waals surface area (Å²) >= 11 is 0. The largest absolute Gasteiger partial charge is 0.479 e. The Bertz CT molecular complexity index is 326. The van der Waals surface area contributed by atoms with Gasteiger partial charge in [0, 0.05) is 10.8 Å². The Labute approximate surface area is 83.4 Å². The molecule has 0 amide bonds. The molecule has 3 fully saturated rings. The van der Waals surface area contributed by atoms with Crippen LogP contribution in [0.2, 0.25) is 0 Å². The molecule has 1 saturated heterocycles. The predicted octanol–water partition coefficient (Wildman–Crippen LogP) is 1.67. The molecule has 3 aliphatic rings. The van der Waals surface area contributed by atoms with Crippen LogP contribution >= 0.6 is 0 Å². The zero-order chi connectivity index (χ0) is 10.2. The van der Waals surface area contributed by atoms with Gasteiger partial charge in [0.25, 0.3) is 0 Å². The first-order valence-corrected chi connectivity index (χ1v) is 5.34. The molecule has 0 aromatic heterocycles. The molecule has 1 aliphatic heterocycles. The number of hydrogen-bond donors (Lipinski definition) is 1. The molecule has 0 unspecified atom stereocenters. The smallest absolute Gasteiger partial charge is 0.336 e. The summed E-state index contributed by atoms with van der Waals surface area (Å²) in [4.78, 5) is 11.4. The van der Waals surface area contributed by atoms with Crippen LogP contribution in [-0.4, -0.2) is 23.3 Å².